The zero-order valence-electron chi connectivity index (χ0n) is 13.0. The van der Waals surface area contributed by atoms with Gasteiger partial charge in [0.05, 0.1) is 6.42 Å². The van der Waals surface area contributed by atoms with Gasteiger partial charge in [-0.25, -0.2) is 4.79 Å². The van der Waals surface area contributed by atoms with Crippen molar-refractivity contribution in [1.82, 2.24) is 10.6 Å². The number of amides is 1. The Kier molecular flexibility index (Phi) is 5.86. The van der Waals surface area contributed by atoms with Gasteiger partial charge in [0.1, 0.15) is 29.1 Å². The van der Waals surface area contributed by atoms with Crippen molar-refractivity contribution in [3.8, 4) is 5.75 Å². The highest BCUT2D eigenvalue weighted by atomic mass is 32.2. The smallest absolute Gasteiger partial charge is 0.351 e. The number of rotatable bonds is 6. The SMILES string of the molecule is CC1=C(C(=O)O)NC([C@@H](C=O)NC(=O)Cc2ccc(O)cc2)SC1. The van der Waals surface area contributed by atoms with Crippen molar-refractivity contribution < 1.29 is 24.6 Å². The van der Waals surface area contributed by atoms with E-state index in [9.17, 15) is 19.5 Å². The van der Waals surface area contributed by atoms with Crippen LogP contribution in [0.4, 0.5) is 0 Å². The number of hydrogen-bond donors (Lipinski definition) is 4. The molecule has 0 bridgehead atoms. The summed E-state index contributed by atoms with van der Waals surface area (Å²) in [4.78, 5) is 34.6. The summed E-state index contributed by atoms with van der Waals surface area (Å²) in [6.45, 7) is 1.71. The molecular formula is C16H18N2O5S. The number of hydrogen-bond acceptors (Lipinski definition) is 6. The summed E-state index contributed by atoms with van der Waals surface area (Å²) in [5.41, 5.74) is 1.45. The fourth-order valence-electron chi connectivity index (χ4n) is 2.25. The minimum Gasteiger partial charge on any atom is -0.508 e. The number of aldehydes is 1. The van der Waals surface area contributed by atoms with Crippen molar-refractivity contribution in [3.63, 3.8) is 0 Å². The Morgan fingerprint density at radius 1 is 1.42 bits per heavy atom. The first-order valence-electron chi connectivity index (χ1n) is 7.24. The van der Waals surface area contributed by atoms with Crippen molar-refractivity contribution in [3.05, 3.63) is 41.1 Å². The van der Waals surface area contributed by atoms with Crippen LogP contribution in [0.25, 0.3) is 0 Å². The van der Waals surface area contributed by atoms with Crippen molar-refractivity contribution >= 4 is 29.9 Å². The summed E-state index contributed by atoms with van der Waals surface area (Å²) in [6.07, 6.45) is 0.655. The number of nitrogens with one attached hydrogen (secondary N) is 2. The maximum Gasteiger partial charge on any atom is 0.351 e. The molecule has 128 valence electrons. The third-order valence-electron chi connectivity index (χ3n) is 3.51. The van der Waals surface area contributed by atoms with E-state index in [1.807, 2.05) is 0 Å². The summed E-state index contributed by atoms with van der Waals surface area (Å²) in [6, 6.07) is 5.35. The highest BCUT2D eigenvalue weighted by Crippen LogP contribution is 2.24. The maximum absolute atomic E-state index is 12.1. The lowest BCUT2D eigenvalue weighted by Crippen LogP contribution is -2.51. The van der Waals surface area contributed by atoms with E-state index in [1.165, 1.54) is 23.9 Å². The van der Waals surface area contributed by atoms with Crippen LogP contribution in [0.1, 0.15) is 12.5 Å². The van der Waals surface area contributed by atoms with E-state index in [4.69, 9.17) is 5.11 Å². The molecule has 7 nitrogen and oxygen atoms in total. The van der Waals surface area contributed by atoms with E-state index in [1.54, 1.807) is 19.1 Å². The highest BCUT2D eigenvalue weighted by molar-refractivity contribution is 8.00. The first kappa shape index (κ1) is 17.9. The first-order valence-corrected chi connectivity index (χ1v) is 8.29. The van der Waals surface area contributed by atoms with Crippen LogP contribution >= 0.6 is 11.8 Å². The molecule has 1 unspecified atom stereocenters. The fourth-order valence-corrected chi connectivity index (χ4v) is 3.36. The van der Waals surface area contributed by atoms with Crippen molar-refractivity contribution in [1.29, 1.82) is 0 Å². The number of carboxylic acids is 1. The molecule has 1 aliphatic rings. The van der Waals surface area contributed by atoms with Gasteiger partial charge in [-0.1, -0.05) is 12.1 Å². The average Bonchev–Trinajstić information content (AvgIpc) is 2.55. The van der Waals surface area contributed by atoms with Crippen LogP contribution in [0, 0.1) is 0 Å². The number of carbonyl (C=O) groups excluding carboxylic acids is 2. The van der Waals surface area contributed by atoms with Gasteiger partial charge in [-0.3, -0.25) is 4.79 Å². The van der Waals surface area contributed by atoms with Gasteiger partial charge in [-0.15, -0.1) is 11.8 Å². The van der Waals surface area contributed by atoms with Gasteiger partial charge in [0.2, 0.25) is 5.91 Å². The molecule has 24 heavy (non-hydrogen) atoms. The Labute approximate surface area is 143 Å². The molecule has 2 atom stereocenters. The Hall–Kier alpha value is -2.48. The number of aliphatic carboxylic acids is 1. The number of carboxylic acid groups (broad SMARTS) is 1. The van der Waals surface area contributed by atoms with Crippen LogP contribution in [0.5, 0.6) is 5.75 Å². The quantitative estimate of drug-likeness (QED) is 0.556. The first-order chi connectivity index (χ1) is 11.4. The molecule has 2 rings (SSSR count). The molecule has 0 saturated carbocycles. The molecule has 8 heteroatoms. The van der Waals surface area contributed by atoms with Gasteiger partial charge in [0.15, 0.2) is 0 Å². The molecule has 1 aromatic carbocycles. The molecular weight excluding hydrogens is 332 g/mol. The van der Waals surface area contributed by atoms with Crippen molar-refractivity contribution in [2.45, 2.75) is 24.8 Å². The number of aromatic hydroxyl groups is 1. The van der Waals surface area contributed by atoms with E-state index in [2.05, 4.69) is 10.6 Å². The van der Waals surface area contributed by atoms with Gasteiger partial charge in [-0.05, 0) is 30.2 Å². The second-order valence-electron chi connectivity index (χ2n) is 5.41. The molecule has 1 heterocycles. The number of benzene rings is 1. The lowest BCUT2D eigenvalue weighted by molar-refractivity contribution is -0.133. The predicted octanol–water partition coefficient (Wildman–Crippen LogP) is 0.640. The number of phenols is 1. The molecule has 0 aliphatic carbocycles. The van der Waals surface area contributed by atoms with Gasteiger partial charge in [0, 0.05) is 5.75 Å². The molecule has 4 N–H and O–H groups in total. The molecule has 1 aliphatic heterocycles. The van der Waals surface area contributed by atoms with Crippen LogP contribution in [0.15, 0.2) is 35.5 Å². The van der Waals surface area contributed by atoms with Crippen LogP contribution in [0.3, 0.4) is 0 Å². The zero-order valence-corrected chi connectivity index (χ0v) is 13.8. The Morgan fingerprint density at radius 2 is 2.08 bits per heavy atom. The van der Waals surface area contributed by atoms with E-state index >= 15 is 0 Å². The number of phenolic OH excluding ortho intramolecular Hbond substituents is 1. The largest absolute Gasteiger partial charge is 0.508 e. The molecule has 0 radical (unpaired) electrons. The summed E-state index contributed by atoms with van der Waals surface area (Å²) >= 11 is 1.36. The Balaban J connectivity index is 1.99. The fraction of sp³-hybridized carbons (Fsp3) is 0.312. The number of carbonyl (C=O) groups is 3. The lowest BCUT2D eigenvalue weighted by atomic mass is 10.1. The Bertz CT molecular complexity index is 672. The second-order valence-corrected chi connectivity index (χ2v) is 6.54. The second kappa shape index (κ2) is 7.87. The van der Waals surface area contributed by atoms with Gasteiger partial charge < -0.3 is 25.6 Å². The van der Waals surface area contributed by atoms with Gasteiger partial charge in [0.25, 0.3) is 0 Å². The Morgan fingerprint density at radius 3 is 2.67 bits per heavy atom. The van der Waals surface area contributed by atoms with Gasteiger partial charge >= 0.3 is 5.97 Å². The molecule has 1 amide bonds. The van der Waals surface area contributed by atoms with Crippen molar-refractivity contribution in [2.24, 2.45) is 0 Å². The van der Waals surface area contributed by atoms with Crippen LogP contribution in [-0.2, 0) is 20.8 Å². The average molecular weight is 350 g/mol. The predicted molar refractivity (Wildman–Crippen MR) is 89.5 cm³/mol. The monoisotopic (exact) mass is 350 g/mol. The third-order valence-corrected chi connectivity index (χ3v) is 4.88. The zero-order chi connectivity index (χ0) is 17.7. The minimum absolute atomic E-state index is 0.0582. The summed E-state index contributed by atoms with van der Waals surface area (Å²) in [5, 5.41) is 23.2. The van der Waals surface area contributed by atoms with E-state index in [0.717, 1.165) is 0 Å². The minimum atomic E-state index is -1.09. The maximum atomic E-state index is 12.1. The normalized spacial score (nSPS) is 18.5. The molecule has 0 fully saturated rings. The third kappa shape index (κ3) is 4.51. The van der Waals surface area contributed by atoms with Crippen LogP contribution < -0.4 is 10.6 Å². The molecule has 0 spiro atoms. The standard InChI is InChI=1S/C16H18N2O5S/c1-9-8-24-15(18-14(9)16(22)23)12(7-19)17-13(21)6-10-2-4-11(20)5-3-10/h2-5,7,12,15,18,20H,6,8H2,1H3,(H,17,21)(H,22,23)/t12-,15?/m1/s1. The molecule has 1 aromatic rings. The molecule has 0 aromatic heterocycles. The highest BCUT2D eigenvalue weighted by Gasteiger charge is 2.29. The molecule has 0 saturated heterocycles. The van der Waals surface area contributed by atoms with E-state index in [-0.39, 0.29) is 23.8 Å². The number of thioether (sulfide) groups is 1. The van der Waals surface area contributed by atoms with E-state index < -0.39 is 17.4 Å². The summed E-state index contributed by atoms with van der Waals surface area (Å²) in [7, 11) is 0. The van der Waals surface area contributed by atoms with Crippen LogP contribution in [-0.4, -0.2) is 45.5 Å². The topological polar surface area (TPSA) is 116 Å². The van der Waals surface area contributed by atoms with E-state index in [0.29, 0.717) is 23.2 Å². The van der Waals surface area contributed by atoms with Crippen molar-refractivity contribution in [2.75, 3.05) is 5.75 Å². The summed E-state index contributed by atoms with van der Waals surface area (Å²) in [5.74, 6) is -0.866. The summed E-state index contributed by atoms with van der Waals surface area (Å²) < 4.78 is 0. The van der Waals surface area contributed by atoms with Crippen LogP contribution in [0.2, 0.25) is 0 Å². The lowest BCUT2D eigenvalue weighted by Gasteiger charge is -2.30. The van der Waals surface area contributed by atoms with Gasteiger partial charge in [-0.2, -0.15) is 0 Å².